The number of nitrogens with zero attached hydrogens (tertiary/aromatic N) is 2. The largest absolute Gasteiger partial charge is 0.399 e. The number of aromatic nitrogens is 2. The summed E-state index contributed by atoms with van der Waals surface area (Å²) in [5.74, 6) is 0.460. The van der Waals surface area contributed by atoms with Crippen LogP contribution in [0.15, 0.2) is 42.6 Å². The number of anilines is 3. The first-order valence-electron chi connectivity index (χ1n) is 5.85. The van der Waals surface area contributed by atoms with E-state index in [0.717, 1.165) is 16.6 Å². The minimum absolute atomic E-state index is 0.460. The van der Waals surface area contributed by atoms with Crippen molar-refractivity contribution in [3.05, 3.63) is 52.6 Å². The molecule has 2 aromatic carbocycles. The fourth-order valence-electron chi connectivity index (χ4n) is 1.86. The molecule has 1 aromatic heterocycles. The molecule has 0 spiro atoms. The summed E-state index contributed by atoms with van der Waals surface area (Å²) in [5.41, 5.74) is 7.91. The van der Waals surface area contributed by atoms with Gasteiger partial charge >= 0.3 is 0 Å². The predicted molar refractivity (Wildman–Crippen MR) is 83.7 cm³/mol. The van der Waals surface area contributed by atoms with E-state index < -0.39 is 0 Å². The highest BCUT2D eigenvalue weighted by atomic mass is 35.5. The lowest BCUT2D eigenvalue weighted by Gasteiger charge is -2.07. The molecule has 0 aliphatic carbocycles. The van der Waals surface area contributed by atoms with Crippen LogP contribution in [0.2, 0.25) is 10.0 Å². The van der Waals surface area contributed by atoms with Crippen molar-refractivity contribution in [1.82, 2.24) is 9.97 Å². The molecule has 0 aliphatic rings. The molecule has 20 heavy (non-hydrogen) atoms. The molecule has 0 bridgehead atoms. The van der Waals surface area contributed by atoms with Crippen LogP contribution in [0.3, 0.4) is 0 Å². The third-order valence-corrected chi connectivity index (χ3v) is 3.16. The van der Waals surface area contributed by atoms with Crippen molar-refractivity contribution in [2.75, 3.05) is 11.1 Å². The van der Waals surface area contributed by atoms with E-state index in [9.17, 15) is 0 Å². The second-order valence-electron chi connectivity index (χ2n) is 4.29. The van der Waals surface area contributed by atoms with Crippen LogP contribution >= 0.6 is 23.2 Å². The van der Waals surface area contributed by atoms with E-state index in [-0.39, 0.29) is 0 Å². The van der Waals surface area contributed by atoms with Crippen molar-refractivity contribution in [3.63, 3.8) is 0 Å². The average molecular weight is 305 g/mol. The SMILES string of the molecule is Nc1ccc2cnc(Nc3cc(Cl)cc(Cl)c3)nc2c1. The first-order chi connectivity index (χ1) is 9.60. The van der Waals surface area contributed by atoms with Crippen molar-refractivity contribution in [1.29, 1.82) is 0 Å². The van der Waals surface area contributed by atoms with Crippen LogP contribution in [0.4, 0.5) is 17.3 Å². The standard InChI is InChI=1S/C14H10Cl2N4/c15-9-3-10(16)5-12(4-9)19-14-18-7-8-1-2-11(17)6-13(8)20-14/h1-7H,17H2,(H,18,19,20). The number of nitrogens with one attached hydrogen (secondary N) is 1. The molecule has 0 radical (unpaired) electrons. The van der Waals surface area contributed by atoms with Crippen molar-refractivity contribution in [3.8, 4) is 0 Å². The van der Waals surface area contributed by atoms with Crippen molar-refractivity contribution >= 4 is 51.4 Å². The Bertz CT molecular complexity index is 769. The smallest absolute Gasteiger partial charge is 0.227 e. The third-order valence-electron chi connectivity index (χ3n) is 2.73. The van der Waals surface area contributed by atoms with Gasteiger partial charge in [0.1, 0.15) is 0 Å². The number of benzene rings is 2. The van der Waals surface area contributed by atoms with Crippen LogP contribution in [-0.4, -0.2) is 9.97 Å². The van der Waals surface area contributed by atoms with Gasteiger partial charge < -0.3 is 11.1 Å². The Morgan fingerprint density at radius 3 is 2.50 bits per heavy atom. The highest BCUT2D eigenvalue weighted by Gasteiger charge is 2.03. The second kappa shape index (κ2) is 5.15. The number of rotatable bonds is 2. The molecule has 6 heteroatoms. The number of halogens is 2. The predicted octanol–water partition coefficient (Wildman–Crippen LogP) is 4.26. The molecule has 0 saturated heterocycles. The molecular formula is C14H10Cl2N4. The van der Waals surface area contributed by atoms with Gasteiger partial charge in [0.25, 0.3) is 0 Å². The van der Waals surface area contributed by atoms with E-state index in [0.29, 0.717) is 21.7 Å². The zero-order valence-electron chi connectivity index (χ0n) is 10.3. The van der Waals surface area contributed by atoms with Crippen LogP contribution < -0.4 is 11.1 Å². The van der Waals surface area contributed by atoms with Gasteiger partial charge in [0.2, 0.25) is 5.95 Å². The number of fused-ring (bicyclic) bond motifs is 1. The summed E-state index contributed by atoms with van der Waals surface area (Å²) in [5, 5.41) is 5.08. The molecule has 1 heterocycles. The van der Waals surface area contributed by atoms with Gasteiger partial charge in [0, 0.05) is 33.0 Å². The van der Waals surface area contributed by atoms with Gasteiger partial charge in [-0.25, -0.2) is 9.97 Å². The lowest BCUT2D eigenvalue weighted by Crippen LogP contribution is -1.97. The maximum absolute atomic E-state index is 5.95. The molecule has 0 amide bonds. The van der Waals surface area contributed by atoms with Gasteiger partial charge in [0.05, 0.1) is 5.52 Å². The first kappa shape index (κ1) is 13.0. The van der Waals surface area contributed by atoms with E-state index in [4.69, 9.17) is 28.9 Å². The summed E-state index contributed by atoms with van der Waals surface area (Å²) in [4.78, 5) is 8.64. The monoisotopic (exact) mass is 304 g/mol. The van der Waals surface area contributed by atoms with Crippen LogP contribution in [0.25, 0.3) is 10.9 Å². The first-order valence-corrected chi connectivity index (χ1v) is 6.61. The normalized spacial score (nSPS) is 10.7. The summed E-state index contributed by atoms with van der Waals surface area (Å²) in [6.07, 6.45) is 1.73. The fourth-order valence-corrected chi connectivity index (χ4v) is 2.38. The van der Waals surface area contributed by atoms with Gasteiger partial charge in [0.15, 0.2) is 0 Å². The summed E-state index contributed by atoms with van der Waals surface area (Å²) in [6, 6.07) is 10.7. The Balaban J connectivity index is 1.97. The minimum atomic E-state index is 0.460. The molecule has 3 aromatic rings. The van der Waals surface area contributed by atoms with E-state index in [1.165, 1.54) is 0 Å². The Kier molecular flexibility index (Phi) is 3.34. The lowest BCUT2D eigenvalue weighted by molar-refractivity contribution is 1.21. The van der Waals surface area contributed by atoms with E-state index in [1.807, 2.05) is 12.1 Å². The molecule has 0 fully saturated rings. The summed E-state index contributed by atoms with van der Waals surface area (Å²) in [7, 11) is 0. The lowest BCUT2D eigenvalue weighted by atomic mass is 10.2. The molecule has 0 atom stereocenters. The second-order valence-corrected chi connectivity index (χ2v) is 5.17. The van der Waals surface area contributed by atoms with Gasteiger partial charge in [-0.1, -0.05) is 23.2 Å². The van der Waals surface area contributed by atoms with Gasteiger partial charge in [-0.15, -0.1) is 0 Å². The van der Waals surface area contributed by atoms with E-state index in [2.05, 4.69) is 15.3 Å². The molecule has 4 nitrogen and oxygen atoms in total. The van der Waals surface area contributed by atoms with E-state index in [1.54, 1.807) is 30.5 Å². The number of hydrogen-bond donors (Lipinski definition) is 2. The maximum atomic E-state index is 5.95. The highest BCUT2D eigenvalue weighted by molar-refractivity contribution is 6.35. The number of nitrogen functional groups attached to an aromatic ring is 1. The van der Waals surface area contributed by atoms with Gasteiger partial charge in [-0.05, 0) is 36.4 Å². The molecule has 3 N–H and O–H groups in total. The zero-order valence-corrected chi connectivity index (χ0v) is 11.8. The molecular weight excluding hydrogens is 295 g/mol. The Labute approximate surface area is 125 Å². The zero-order chi connectivity index (χ0) is 14.1. The minimum Gasteiger partial charge on any atom is -0.399 e. The average Bonchev–Trinajstić information content (AvgIpc) is 2.37. The quantitative estimate of drug-likeness (QED) is 0.694. The molecule has 0 unspecified atom stereocenters. The third kappa shape index (κ3) is 2.76. The highest BCUT2D eigenvalue weighted by Crippen LogP contribution is 2.25. The Morgan fingerprint density at radius 1 is 1.00 bits per heavy atom. The van der Waals surface area contributed by atoms with Crippen molar-refractivity contribution in [2.24, 2.45) is 0 Å². The summed E-state index contributed by atoms with van der Waals surface area (Å²) in [6.45, 7) is 0. The maximum Gasteiger partial charge on any atom is 0.227 e. The van der Waals surface area contributed by atoms with Crippen LogP contribution in [0.5, 0.6) is 0 Å². The molecule has 0 saturated carbocycles. The fraction of sp³-hybridized carbons (Fsp3) is 0. The molecule has 100 valence electrons. The Morgan fingerprint density at radius 2 is 1.75 bits per heavy atom. The molecule has 3 rings (SSSR count). The van der Waals surface area contributed by atoms with Gasteiger partial charge in [-0.2, -0.15) is 0 Å². The van der Waals surface area contributed by atoms with Gasteiger partial charge in [-0.3, -0.25) is 0 Å². The van der Waals surface area contributed by atoms with Crippen LogP contribution in [0.1, 0.15) is 0 Å². The van der Waals surface area contributed by atoms with Crippen LogP contribution in [-0.2, 0) is 0 Å². The Hall–Kier alpha value is -2.04. The summed E-state index contributed by atoms with van der Waals surface area (Å²) >= 11 is 11.9. The van der Waals surface area contributed by atoms with Crippen molar-refractivity contribution in [2.45, 2.75) is 0 Å². The molecule has 0 aliphatic heterocycles. The topological polar surface area (TPSA) is 63.8 Å². The van der Waals surface area contributed by atoms with E-state index >= 15 is 0 Å². The number of nitrogens with two attached hydrogens (primary N) is 1. The van der Waals surface area contributed by atoms with Crippen molar-refractivity contribution < 1.29 is 0 Å². The van der Waals surface area contributed by atoms with Crippen LogP contribution in [0, 0.1) is 0 Å². The summed E-state index contributed by atoms with van der Waals surface area (Å²) < 4.78 is 0. The number of hydrogen-bond acceptors (Lipinski definition) is 4.